The second kappa shape index (κ2) is 6.42. The first-order chi connectivity index (χ1) is 10.2. The van der Waals surface area contributed by atoms with Crippen molar-refractivity contribution in [3.05, 3.63) is 29.6 Å². The highest BCUT2D eigenvalue weighted by Gasteiger charge is 2.41. The summed E-state index contributed by atoms with van der Waals surface area (Å²) in [5, 5.41) is 0. The van der Waals surface area contributed by atoms with Crippen LogP contribution < -0.4 is 11.3 Å². The summed E-state index contributed by atoms with van der Waals surface area (Å²) in [5.41, 5.74) is 5.48. The third-order valence-corrected chi connectivity index (χ3v) is 5.33. The van der Waals surface area contributed by atoms with E-state index >= 15 is 0 Å². The average molecular weight is 289 g/mol. The zero-order chi connectivity index (χ0) is 14.7. The molecular weight excluding hydrogens is 262 g/mol. The predicted octanol–water partition coefficient (Wildman–Crippen LogP) is 3.02. The Morgan fingerprint density at radius 3 is 2.90 bits per heavy atom. The van der Waals surface area contributed by atoms with Gasteiger partial charge in [-0.15, -0.1) is 0 Å². The minimum atomic E-state index is 0.117. The summed E-state index contributed by atoms with van der Waals surface area (Å²) < 4.78 is 6.21. The molecule has 21 heavy (non-hydrogen) atoms. The lowest BCUT2D eigenvalue weighted by atomic mass is 9.73. The van der Waals surface area contributed by atoms with Gasteiger partial charge in [-0.2, -0.15) is 0 Å². The number of nitrogens with two attached hydrogens (primary N) is 1. The third-order valence-electron chi connectivity index (χ3n) is 5.33. The van der Waals surface area contributed by atoms with Crippen LogP contribution >= 0.6 is 0 Å². The Morgan fingerprint density at radius 2 is 2.19 bits per heavy atom. The maximum absolute atomic E-state index is 6.21. The molecule has 3 rings (SSSR count). The normalized spacial score (nSPS) is 26.7. The second-order valence-corrected chi connectivity index (χ2v) is 6.67. The fourth-order valence-corrected chi connectivity index (χ4v) is 4.20. The number of aromatic nitrogens is 1. The quantitative estimate of drug-likeness (QED) is 0.663. The molecule has 2 fully saturated rings. The van der Waals surface area contributed by atoms with Gasteiger partial charge in [0.1, 0.15) is 0 Å². The number of ether oxygens (including phenoxy) is 1. The van der Waals surface area contributed by atoms with Gasteiger partial charge in [0.15, 0.2) is 0 Å². The number of nitrogens with one attached hydrogen (secondary N) is 1. The zero-order valence-electron chi connectivity index (χ0n) is 13.0. The molecule has 2 atom stereocenters. The summed E-state index contributed by atoms with van der Waals surface area (Å²) in [6.07, 6.45) is 10.4. The first kappa shape index (κ1) is 14.9. The van der Waals surface area contributed by atoms with Gasteiger partial charge >= 0.3 is 0 Å². The molecule has 1 aliphatic heterocycles. The Balaban J connectivity index is 1.79. The fourth-order valence-electron chi connectivity index (χ4n) is 4.20. The van der Waals surface area contributed by atoms with E-state index in [9.17, 15) is 0 Å². The van der Waals surface area contributed by atoms with E-state index in [1.165, 1.54) is 37.7 Å². The Bertz CT molecular complexity index is 465. The predicted molar refractivity (Wildman–Crippen MR) is 83.5 cm³/mol. The highest BCUT2D eigenvalue weighted by atomic mass is 16.5. The molecule has 0 bridgehead atoms. The van der Waals surface area contributed by atoms with E-state index in [2.05, 4.69) is 23.4 Å². The number of aryl methyl sites for hydroxylation is 1. The van der Waals surface area contributed by atoms with Gasteiger partial charge in [0.25, 0.3) is 0 Å². The molecule has 2 aliphatic rings. The minimum absolute atomic E-state index is 0.117. The molecule has 1 saturated carbocycles. The van der Waals surface area contributed by atoms with E-state index in [1.807, 2.05) is 12.3 Å². The van der Waals surface area contributed by atoms with Crippen LogP contribution in [0.4, 0.5) is 0 Å². The van der Waals surface area contributed by atoms with Crippen LogP contribution in [-0.2, 0) is 4.74 Å². The minimum Gasteiger partial charge on any atom is -0.375 e. The highest BCUT2D eigenvalue weighted by molar-refractivity contribution is 5.23. The number of hydrazine groups is 1. The van der Waals surface area contributed by atoms with Crippen molar-refractivity contribution in [3.63, 3.8) is 0 Å². The molecule has 2 heterocycles. The molecule has 1 aliphatic carbocycles. The smallest absolute Gasteiger partial charge is 0.0686 e. The van der Waals surface area contributed by atoms with Crippen LogP contribution in [0.15, 0.2) is 18.3 Å². The van der Waals surface area contributed by atoms with Crippen LogP contribution in [0.5, 0.6) is 0 Å². The maximum atomic E-state index is 6.21. The van der Waals surface area contributed by atoms with E-state index in [0.29, 0.717) is 5.92 Å². The topological polar surface area (TPSA) is 60.2 Å². The maximum Gasteiger partial charge on any atom is 0.0686 e. The van der Waals surface area contributed by atoms with E-state index in [0.717, 1.165) is 25.1 Å². The van der Waals surface area contributed by atoms with Crippen molar-refractivity contribution < 1.29 is 4.74 Å². The fraction of sp³-hybridized carbons (Fsp3) is 0.706. The number of rotatable bonds is 3. The van der Waals surface area contributed by atoms with Crippen LogP contribution in [0.1, 0.15) is 62.2 Å². The number of hydrogen-bond acceptors (Lipinski definition) is 4. The van der Waals surface area contributed by atoms with Gasteiger partial charge in [0, 0.05) is 18.5 Å². The Hall–Kier alpha value is -0.970. The molecule has 0 amide bonds. The summed E-state index contributed by atoms with van der Waals surface area (Å²) in [4.78, 5) is 4.42. The van der Waals surface area contributed by atoms with Crippen molar-refractivity contribution in [1.29, 1.82) is 0 Å². The average Bonchev–Trinajstić information content (AvgIpc) is 2.51. The lowest BCUT2D eigenvalue weighted by Crippen LogP contribution is -2.46. The van der Waals surface area contributed by atoms with E-state index in [4.69, 9.17) is 10.6 Å². The standard InChI is InChI=1S/C17H27N3O/c1-13-15(6-5-10-19-13)16(20-18)14-7-11-21-17(12-14)8-3-2-4-9-17/h5-6,10,14,16,20H,2-4,7-9,11-12,18H2,1H3. The molecule has 0 radical (unpaired) electrons. The zero-order valence-corrected chi connectivity index (χ0v) is 13.0. The molecule has 1 spiro atoms. The SMILES string of the molecule is Cc1ncccc1C(NN)C1CCOC2(CCCCC2)C1. The van der Waals surface area contributed by atoms with Crippen LogP contribution in [0, 0.1) is 12.8 Å². The summed E-state index contributed by atoms with van der Waals surface area (Å²) >= 11 is 0. The molecule has 1 saturated heterocycles. The van der Waals surface area contributed by atoms with Crippen molar-refractivity contribution in [2.24, 2.45) is 11.8 Å². The number of pyridine rings is 1. The molecule has 4 nitrogen and oxygen atoms in total. The van der Waals surface area contributed by atoms with Gasteiger partial charge in [-0.05, 0) is 50.2 Å². The van der Waals surface area contributed by atoms with Gasteiger partial charge in [0.05, 0.1) is 11.6 Å². The van der Waals surface area contributed by atoms with Crippen molar-refractivity contribution in [2.45, 2.75) is 63.5 Å². The first-order valence-corrected chi connectivity index (χ1v) is 8.26. The van der Waals surface area contributed by atoms with Crippen molar-refractivity contribution in [1.82, 2.24) is 10.4 Å². The molecule has 0 aromatic carbocycles. The summed E-state index contributed by atoms with van der Waals surface area (Å²) in [6.45, 7) is 2.93. The lowest BCUT2D eigenvalue weighted by molar-refractivity contribution is -0.122. The summed E-state index contributed by atoms with van der Waals surface area (Å²) in [6, 6.07) is 4.33. The molecule has 1 aromatic rings. The van der Waals surface area contributed by atoms with Crippen molar-refractivity contribution in [2.75, 3.05) is 6.61 Å². The lowest BCUT2D eigenvalue weighted by Gasteiger charge is -2.45. The van der Waals surface area contributed by atoms with E-state index in [-0.39, 0.29) is 11.6 Å². The molecule has 2 unspecified atom stereocenters. The molecule has 3 N–H and O–H groups in total. The number of hydrogen-bond donors (Lipinski definition) is 2. The van der Waals surface area contributed by atoms with Crippen LogP contribution in [-0.4, -0.2) is 17.2 Å². The monoisotopic (exact) mass is 289 g/mol. The first-order valence-electron chi connectivity index (χ1n) is 8.26. The van der Waals surface area contributed by atoms with E-state index in [1.54, 1.807) is 0 Å². The molecule has 1 aromatic heterocycles. The van der Waals surface area contributed by atoms with Crippen LogP contribution in [0.3, 0.4) is 0 Å². The third kappa shape index (κ3) is 3.12. The largest absolute Gasteiger partial charge is 0.375 e. The Kier molecular flexibility index (Phi) is 4.57. The molecule has 4 heteroatoms. The van der Waals surface area contributed by atoms with Gasteiger partial charge in [-0.3, -0.25) is 16.3 Å². The van der Waals surface area contributed by atoms with Gasteiger partial charge in [-0.25, -0.2) is 0 Å². The summed E-state index contributed by atoms with van der Waals surface area (Å²) in [5.74, 6) is 6.44. The van der Waals surface area contributed by atoms with Gasteiger partial charge in [0.2, 0.25) is 0 Å². The van der Waals surface area contributed by atoms with Gasteiger partial charge < -0.3 is 4.74 Å². The van der Waals surface area contributed by atoms with Gasteiger partial charge in [-0.1, -0.05) is 25.3 Å². The van der Waals surface area contributed by atoms with Crippen molar-refractivity contribution >= 4 is 0 Å². The van der Waals surface area contributed by atoms with Crippen LogP contribution in [0.2, 0.25) is 0 Å². The Morgan fingerprint density at radius 1 is 1.38 bits per heavy atom. The second-order valence-electron chi connectivity index (χ2n) is 6.67. The van der Waals surface area contributed by atoms with E-state index < -0.39 is 0 Å². The Labute approximate surface area is 127 Å². The van der Waals surface area contributed by atoms with Crippen LogP contribution in [0.25, 0.3) is 0 Å². The number of nitrogens with zero attached hydrogens (tertiary/aromatic N) is 1. The highest BCUT2D eigenvalue weighted by Crippen LogP contribution is 2.44. The summed E-state index contributed by atoms with van der Waals surface area (Å²) in [7, 11) is 0. The van der Waals surface area contributed by atoms with Crippen molar-refractivity contribution in [3.8, 4) is 0 Å². The molecular formula is C17H27N3O. The molecule has 116 valence electrons.